The molecular weight excluding hydrogens is 298 g/mol. The van der Waals surface area contributed by atoms with Gasteiger partial charge in [-0.1, -0.05) is 0 Å². The Morgan fingerprint density at radius 1 is 1.30 bits per heavy atom. The summed E-state index contributed by atoms with van der Waals surface area (Å²) in [5.74, 6) is 1.29. The Hall–Kier alpha value is -2.48. The van der Waals surface area contributed by atoms with Crippen LogP contribution in [0, 0.1) is 17.8 Å². The molecule has 4 atom stereocenters. The summed E-state index contributed by atoms with van der Waals surface area (Å²) in [4.78, 5) is 23.8. The number of tetrazole rings is 1. The predicted octanol–water partition coefficient (Wildman–Crippen LogP) is -0.298. The summed E-state index contributed by atoms with van der Waals surface area (Å²) in [7, 11) is 0. The Morgan fingerprint density at radius 3 is 2.70 bits per heavy atom. The largest absolute Gasteiger partial charge is 0.396 e. The molecular formula is C15H17N5O3. The van der Waals surface area contributed by atoms with Crippen LogP contribution in [0.25, 0.3) is 5.69 Å². The molecule has 2 aliphatic carbocycles. The van der Waals surface area contributed by atoms with Gasteiger partial charge in [0.25, 0.3) is 5.91 Å². The first-order valence-electron chi connectivity index (χ1n) is 7.70. The third kappa shape index (κ3) is 2.44. The predicted molar refractivity (Wildman–Crippen MR) is 80.0 cm³/mol. The molecule has 0 bridgehead atoms. The van der Waals surface area contributed by atoms with Crippen LogP contribution in [0.5, 0.6) is 0 Å². The van der Waals surface area contributed by atoms with Crippen LogP contribution < -0.4 is 11.0 Å². The number of aliphatic hydroxyl groups excluding tert-OH is 1. The summed E-state index contributed by atoms with van der Waals surface area (Å²) >= 11 is 0. The van der Waals surface area contributed by atoms with Gasteiger partial charge in [0.1, 0.15) is 0 Å². The van der Waals surface area contributed by atoms with Crippen molar-refractivity contribution < 1.29 is 9.90 Å². The zero-order valence-corrected chi connectivity index (χ0v) is 12.3. The Bertz CT molecular complexity index is 781. The maximum absolute atomic E-state index is 12.3. The number of rotatable bonds is 4. The molecule has 0 radical (unpaired) electrons. The van der Waals surface area contributed by atoms with E-state index in [-0.39, 0.29) is 18.6 Å². The standard InChI is InChI=1S/C15H17N5O3/c21-7-9-5-13(12-6-11(9)12)16-14(22)8-1-3-10(4-2-8)20-15(23)17-18-19-20/h1-4,9,11-13,21H,5-7H2,(H,16,22)(H,17,19,23)/t9-,11-,12-,13-/m0/s1. The number of aromatic nitrogens is 4. The number of amides is 1. The minimum atomic E-state index is -0.428. The van der Waals surface area contributed by atoms with Crippen molar-refractivity contribution in [1.29, 1.82) is 0 Å². The van der Waals surface area contributed by atoms with Crippen LogP contribution in [0.4, 0.5) is 0 Å². The van der Waals surface area contributed by atoms with E-state index in [9.17, 15) is 14.7 Å². The van der Waals surface area contributed by atoms with Crippen molar-refractivity contribution in [3.63, 3.8) is 0 Å². The summed E-state index contributed by atoms with van der Waals surface area (Å²) in [5, 5.41) is 21.7. The van der Waals surface area contributed by atoms with E-state index >= 15 is 0 Å². The number of hydrogen-bond acceptors (Lipinski definition) is 5. The first-order valence-corrected chi connectivity index (χ1v) is 7.70. The van der Waals surface area contributed by atoms with Gasteiger partial charge < -0.3 is 10.4 Å². The zero-order chi connectivity index (χ0) is 16.0. The fourth-order valence-corrected chi connectivity index (χ4v) is 3.66. The number of nitrogens with one attached hydrogen (secondary N) is 2. The van der Waals surface area contributed by atoms with Crippen molar-refractivity contribution >= 4 is 5.91 Å². The van der Waals surface area contributed by atoms with E-state index in [0.29, 0.717) is 29.0 Å². The molecule has 1 heterocycles. The highest BCUT2D eigenvalue weighted by Crippen LogP contribution is 2.55. The van der Waals surface area contributed by atoms with Gasteiger partial charge >= 0.3 is 5.69 Å². The van der Waals surface area contributed by atoms with Crippen molar-refractivity contribution in [2.75, 3.05) is 6.61 Å². The lowest BCUT2D eigenvalue weighted by Gasteiger charge is -2.16. The molecule has 8 heteroatoms. The van der Waals surface area contributed by atoms with Crippen molar-refractivity contribution in [2.45, 2.75) is 18.9 Å². The lowest BCUT2D eigenvalue weighted by Crippen LogP contribution is -2.35. The Labute approximate surface area is 131 Å². The summed E-state index contributed by atoms with van der Waals surface area (Å²) < 4.78 is 1.12. The quantitative estimate of drug-likeness (QED) is 0.717. The topological polar surface area (TPSA) is 113 Å². The minimum Gasteiger partial charge on any atom is -0.396 e. The van der Waals surface area contributed by atoms with Crippen LogP contribution in [-0.4, -0.2) is 43.9 Å². The third-order valence-electron chi connectivity index (χ3n) is 4.97. The van der Waals surface area contributed by atoms with Gasteiger partial charge in [-0.15, -0.1) is 0 Å². The summed E-state index contributed by atoms with van der Waals surface area (Å²) in [6.07, 6.45) is 1.95. The average molecular weight is 315 g/mol. The van der Waals surface area contributed by atoms with E-state index in [4.69, 9.17) is 0 Å². The van der Waals surface area contributed by atoms with E-state index in [1.807, 2.05) is 0 Å². The number of carbonyl (C=O) groups excluding carboxylic acids is 1. The molecule has 1 amide bonds. The number of benzene rings is 1. The molecule has 2 aromatic rings. The van der Waals surface area contributed by atoms with Crippen LogP contribution in [-0.2, 0) is 0 Å². The monoisotopic (exact) mass is 315 g/mol. The van der Waals surface area contributed by atoms with E-state index in [1.54, 1.807) is 24.3 Å². The van der Waals surface area contributed by atoms with Crippen LogP contribution in [0.3, 0.4) is 0 Å². The number of aliphatic hydroxyl groups is 1. The van der Waals surface area contributed by atoms with Crippen molar-refractivity contribution in [3.05, 3.63) is 40.3 Å². The molecule has 0 unspecified atom stereocenters. The van der Waals surface area contributed by atoms with Gasteiger partial charge in [-0.2, -0.15) is 4.68 Å². The second kappa shape index (κ2) is 5.31. The summed E-state index contributed by atoms with van der Waals surface area (Å²) in [5.41, 5.74) is 0.654. The second-order valence-corrected chi connectivity index (χ2v) is 6.29. The lowest BCUT2D eigenvalue weighted by molar-refractivity contribution is 0.0929. The number of aromatic amines is 1. The zero-order valence-electron chi connectivity index (χ0n) is 12.3. The first-order chi connectivity index (χ1) is 11.2. The molecule has 1 aromatic heterocycles. The van der Waals surface area contributed by atoms with Crippen molar-refractivity contribution in [3.8, 4) is 5.69 Å². The second-order valence-electron chi connectivity index (χ2n) is 6.29. The van der Waals surface area contributed by atoms with E-state index in [1.165, 1.54) is 0 Å². The lowest BCUT2D eigenvalue weighted by atomic mass is 10.0. The van der Waals surface area contributed by atoms with Gasteiger partial charge in [-0.3, -0.25) is 4.79 Å². The molecule has 0 aliphatic heterocycles. The van der Waals surface area contributed by atoms with Gasteiger partial charge in [0, 0.05) is 18.2 Å². The SMILES string of the molecule is O=C(N[C@H]1C[C@@H](CO)[C@@H]2C[C@@H]21)c1ccc(-n2nn[nH]c2=O)cc1. The number of carbonyl (C=O) groups is 1. The Balaban J connectivity index is 1.45. The van der Waals surface area contributed by atoms with Crippen LogP contribution in [0.2, 0.25) is 0 Å². The highest BCUT2D eigenvalue weighted by molar-refractivity contribution is 5.94. The molecule has 8 nitrogen and oxygen atoms in total. The molecule has 2 aliphatic rings. The average Bonchev–Trinajstić information content (AvgIpc) is 3.13. The summed E-state index contributed by atoms with van der Waals surface area (Å²) in [6, 6.07) is 6.79. The Kier molecular flexibility index (Phi) is 3.26. The molecule has 23 heavy (non-hydrogen) atoms. The Morgan fingerprint density at radius 2 is 2.09 bits per heavy atom. The minimum absolute atomic E-state index is 0.127. The van der Waals surface area contributed by atoms with Gasteiger partial charge in [-0.05, 0) is 65.3 Å². The van der Waals surface area contributed by atoms with Gasteiger partial charge in [-0.25, -0.2) is 9.89 Å². The fraction of sp³-hybridized carbons (Fsp3) is 0.467. The molecule has 2 fully saturated rings. The molecule has 4 rings (SSSR count). The normalized spacial score (nSPS) is 28.4. The molecule has 1 aromatic carbocycles. The van der Waals surface area contributed by atoms with Gasteiger partial charge in [0.05, 0.1) is 5.69 Å². The molecule has 2 saturated carbocycles. The molecule has 120 valence electrons. The van der Waals surface area contributed by atoms with Crippen LogP contribution in [0.15, 0.2) is 29.1 Å². The van der Waals surface area contributed by atoms with E-state index in [2.05, 4.69) is 20.8 Å². The van der Waals surface area contributed by atoms with Gasteiger partial charge in [0.2, 0.25) is 0 Å². The smallest absolute Gasteiger partial charge is 0.365 e. The maximum atomic E-state index is 12.3. The summed E-state index contributed by atoms with van der Waals surface area (Å²) in [6.45, 7) is 0.203. The number of nitrogens with zero attached hydrogens (tertiary/aromatic N) is 3. The molecule has 3 N–H and O–H groups in total. The first kappa shape index (κ1) is 14.1. The van der Waals surface area contributed by atoms with E-state index in [0.717, 1.165) is 17.5 Å². The van der Waals surface area contributed by atoms with Crippen molar-refractivity contribution in [1.82, 2.24) is 25.5 Å². The van der Waals surface area contributed by atoms with Crippen molar-refractivity contribution in [2.24, 2.45) is 17.8 Å². The maximum Gasteiger partial charge on any atom is 0.365 e. The number of H-pyrrole nitrogens is 1. The number of hydrogen-bond donors (Lipinski definition) is 3. The fourth-order valence-electron chi connectivity index (χ4n) is 3.66. The molecule has 0 saturated heterocycles. The highest BCUT2D eigenvalue weighted by Gasteiger charge is 2.54. The highest BCUT2D eigenvalue weighted by atomic mass is 16.3. The third-order valence-corrected chi connectivity index (χ3v) is 4.97. The van der Waals surface area contributed by atoms with E-state index < -0.39 is 5.69 Å². The van der Waals surface area contributed by atoms with Crippen LogP contribution >= 0.6 is 0 Å². The molecule has 0 spiro atoms. The number of fused-ring (bicyclic) bond motifs is 1. The van der Waals surface area contributed by atoms with Gasteiger partial charge in [0.15, 0.2) is 0 Å². The van der Waals surface area contributed by atoms with Crippen LogP contribution in [0.1, 0.15) is 23.2 Å².